The largest absolute Gasteiger partial charge is 0.271 e. The van der Waals surface area contributed by atoms with Crippen molar-refractivity contribution in [3.63, 3.8) is 0 Å². The molecule has 1 fully saturated rings. The van der Waals surface area contributed by atoms with E-state index in [0.29, 0.717) is 25.8 Å². The second-order valence-corrected chi connectivity index (χ2v) is 7.71. The lowest BCUT2D eigenvalue weighted by Crippen LogP contribution is -2.45. The third-order valence-electron chi connectivity index (χ3n) is 4.01. The van der Waals surface area contributed by atoms with Gasteiger partial charge >= 0.3 is 0 Å². The van der Waals surface area contributed by atoms with Gasteiger partial charge in [0, 0.05) is 6.54 Å². The van der Waals surface area contributed by atoms with Crippen LogP contribution in [-0.2, 0) is 14.8 Å². The molecular formula is C15H20N4O3S. The van der Waals surface area contributed by atoms with E-state index >= 15 is 0 Å². The van der Waals surface area contributed by atoms with Crippen molar-refractivity contribution in [2.24, 2.45) is 0 Å². The molecule has 7 nitrogen and oxygen atoms in total. The topological polar surface area (TPSA) is 84.3 Å². The van der Waals surface area contributed by atoms with Crippen LogP contribution >= 0.6 is 0 Å². The highest BCUT2D eigenvalue weighted by atomic mass is 32.2. The number of amides is 1. The van der Waals surface area contributed by atoms with Crippen LogP contribution in [0.15, 0.2) is 30.6 Å². The maximum atomic E-state index is 12.6. The summed E-state index contributed by atoms with van der Waals surface area (Å²) in [6.07, 6.45) is 3.31. The molecule has 8 heteroatoms. The number of para-hydroxylation sites is 2. The molecule has 2 heterocycles. The van der Waals surface area contributed by atoms with E-state index in [1.807, 2.05) is 31.2 Å². The average molecular weight is 336 g/mol. The van der Waals surface area contributed by atoms with Gasteiger partial charge in [-0.25, -0.2) is 18.1 Å². The van der Waals surface area contributed by atoms with Gasteiger partial charge in [-0.15, -0.1) is 0 Å². The summed E-state index contributed by atoms with van der Waals surface area (Å²) >= 11 is 0. The van der Waals surface area contributed by atoms with Gasteiger partial charge in [-0.3, -0.25) is 10.2 Å². The molecule has 1 aliphatic heterocycles. The molecule has 1 saturated heterocycles. The number of carbonyl (C=O) groups is 1. The lowest BCUT2D eigenvalue weighted by atomic mass is 10.2. The van der Waals surface area contributed by atoms with Crippen molar-refractivity contribution in [3.05, 3.63) is 30.6 Å². The first-order valence-corrected chi connectivity index (χ1v) is 9.36. The van der Waals surface area contributed by atoms with Crippen molar-refractivity contribution in [2.45, 2.75) is 32.2 Å². The summed E-state index contributed by atoms with van der Waals surface area (Å²) in [4.78, 5) is 16.8. The fraction of sp³-hybridized carbons (Fsp3) is 0.467. The van der Waals surface area contributed by atoms with Gasteiger partial charge in [0.05, 0.1) is 16.8 Å². The summed E-state index contributed by atoms with van der Waals surface area (Å²) in [6.45, 7) is 2.23. The Labute approximate surface area is 135 Å². The van der Waals surface area contributed by atoms with Crippen molar-refractivity contribution in [1.82, 2.24) is 14.0 Å². The van der Waals surface area contributed by atoms with Crippen LogP contribution in [0, 0.1) is 0 Å². The Kier molecular flexibility index (Phi) is 4.36. The van der Waals surface area contributed by atoms with E-state index in [1.54, 1.807) is 4.68 Å². The van der Waals surface area contributed by atoms with Crippen molar-refractivity contribution >= 4 is 27.0 Å². The Bertz CT molecular complexity index is 815. The van der Waals surface area contributed by atoms with E-state index in [9.17, 15) is 13.2 Å². The van der Waals surface area contributed by atoms with E-state index in [1.165, 1.54) is 10.6 Å². The van der Waals surface area contributed by atoms with Crippen LogP contribution < -0.4 is 5.43 Å². The van der Waals surface area contributed by atoms with Crippen molar-refractivity contribution in [2.75, 3.05) is 17.7 Å². The molecule has 1 aliphatic rings. The van der Waals surface area contributed by atoms with Crippen LogP contribution in [0.2, 0.25) is 0 Å². The smallest absolute Gasteiger partial charge is 0.257 e. The second kappa shape index (κ2) is 6.29. The number of rotatable bonds is 5. The molecule has 1 unspecified atom stereocenters. The first-order valence-electron chi connectivity index (χ1n) is 7.75. The zero-order valence-electron chi connectivity index (χ0n) is 13.0. The van der Waals surface area contributed by atoms with Crippen LogP contribution in [0.3, 0.4) is 0 Å². The number of imidazole rings is 1. The summed E-state index contributed by atoms with van der Waals surface area (Å²) in [5, 5.41) is 0. The first-order chi connectivity index (χ1) is 11.0. The predicted octanol–water partition coefficient (Wildman–Crippen LogP) is 1.31. The molecule has 2 aromatic rings. The molecule has 124 valence electrons. The highest BCUT2D eigenvalue weighted by Crippen LogP contribution is 2.22. The highest BCUT2D eigenvalue weighted by molar-refractivity contribution is 7.89. The first kappa shape index (κ1) is 15.9. The number of nitrogens with zero attached hydrogens (tertiary/aromatic N) is 3. The molecule has 0 aliphatic carbocycles. The van der Waals surface area contributed by atoms with E-state index in [-0.39, 0.29) is 11.7 Å². The molecule has 0 bridgehead atoms. The molecule has 0 saturated carbocycles. The molecular weight excluding hydrogens is 316 g/mol. The van der Waals surface area contributed by atoms with Gasteiger partial charge in [0.25, 0.3) is 5.91 Å². The lowest BCUT2D eigenvalue weighted by molar-refractivity contribution is -0.120. The minimum atomic E-state index is -3.38. The summed E-state index contributed by atoms with van der Waals surface area (Å²) in [5.41, 5.74) is 4.31. The molecule has 1 N–H and O–H groups in total. The van der Waals surface area contributed by atoms with E-state index in [2.05, 4.69) is 10.4 Å². The lowest BCUT2D eigenvalue weighted by Gasteiger charge is -2.23. The van der Waals surface area contributed by atoms with Crippen LogP contribution in [0.4, 0.5) is 0 Å². The minimum Gasteiger partial charge on any atom is -0.271 e. The summed E-state index contributed by atoms with van der Waals surface area (Å²) in [5.74, 6) is -0.240. The third-order valence-corrected chi connectivity index (χ3v) is 6.09. The van der Waals surface area contributed by atoms with Crippen LogP contribution in [0.25, 0.3) is 11.0 Å². The molecule has 1 aromatic heterocycles. The van der Waals surface area contributed by atoms with E-state index in [0.717, 1.165) is 11.0 Å². The molecule has 0 radical (unpaired) electrons. The average Bonchev–Trinajstić information content (AvgIpc) is 3.15. The van der Waals surface area contributed by atoms with Crippen molar-refractivity contribution in [1.29, 1.82) is 0 Å². The number of sulfonamides is 1. The Morgan fingerprint density at radius 2 is 2.17 bits per heavy atom. The number of carbonyl (C=O) groups excluding carboxylic acids is 1. The maximum absolute atomic E-state index is 12.6. The maximum Gasteiger partial charge on any atom is 0.257 e. The van der Waals surface area contributed by atoms with Gasteiger partial charge in [0.1, 0.15) is 12.4 Å². The van der Waals surface area contributed by atoms with Gasteiger partial charge < -0.3 is 0 Å². The minimum absolute atomic E-state index is 0.0742. The quantitative estimate of drug-likeness (QED) is 0.892. The summed E-state index contributed by atoms with van der Waals surface area (Å²) in [7, 11) is -3.38. The normalized spacial score (nSPS) is 19.3. The molecule has 0 spiro atoms. The van der Waals surface area contributed by atoms with Gasteiger partial charge in [-0.2, -0.15) is 4.31 Å². The number of benzene rings is 1. The summed E-state index contributed by atoms with van der Waals surface area (Å²) in [6, 6.07) is 6.79. The number of hydrogen-bond donors (Lipinski definition) is 1. The number of aromatic nitrogens is 2. The van der Waals surface area contributed by atoms with Crippen molar-refractivity contribution in [3.8, 4) is 0 Å². The standard InChI is InChI=1S/C15H20N4O3S/c1-2-10-23(21,22)19-9-5-8-14(19)15(20)17-18-11-16-12-6-3-4-7-13(12)18/h3-4,6-7,11,14H,2,5,8-10H2,1H3,(H,17,20). The van der Waals surface area contributed by atoms with Gasteiger partial charge in [-0.1, -0.05) is 19.1 Å². The highest BCUT2D eigenvalue weighted by Gasteiger charge is 2.38. The van der Waals surface area contributed by atoms with Crippen LogP contribution in [0.5, 0.6) is 0 Å². The SMILES string of the molecule is CCCS(=O)(=O)N1CCCC1C(=O)Nn1cnc2ccccc21. The van der Waals surface area contributed by atoms with Gasteiger partial charge in [-0.05, 0) is 31.4 Å². The second-order valence-electron chi connectivity index (χ2n) is 5.66. The van der Waals surface area contributed by atoms with Crippen LogP contribution in [0.1, 0.15) is 26.2 Å². The zero-order chi connectivity index (χ0) is 16.4. The monoisotopic (exact) mass is 336 g/mol. The number of nitrogens with one attached hydrogen (secondary N) is 1. The molecule has 1 aromatic carbocycles. The van der Waals surface area contributed by atoms with Gasteiger partial charge in [0.2, 0.25) is 10.0 Å². The van der Waals surface area contributed by atoms with Crippen LogP contribution in [-0.4, -0.2) is 46.6 Å². The molecule has 1 amide bonds. The summed E-state index contributed by atoms with van der Waals surface area (Å²) < 4.78 is 27.5. The van der Waals surface area contributed by atoms with E-state index in [4.69, 9.17) is 0 Å². The Morgan fingerprint density at radius 3 is 2.96 bits per heavy atom. The fourth-order valence-electron chi connectivity index (χ4n) is 2.95. The predicted molar refractivity (Wildman–Crippen MR) is 87.9 cm³/mol. The van der Waals surface area contributed by atoms with Crippen molar-refractivity contribution < 1.29 is 13.2 Å². The Morgan fingerprint density at radius 1 is 1.39 bits per heavy atom. The third kappa shape index (κ3) is 3.09. The zero-order valence-corrected chi connectivity index (χ0v) is 13.8. The Balaban J connectivity index is 1.80. The van der Waals surface area contributed by atoms with Gasteiger partial charge in [0.15, 0.2) is 0 Å². The molecule has 23 heavy (non-hydrogen) atoms. The van der Waals surface area contributed by atoms with E-state index < -0.39 is 16.1 Å². The molecule has 3 rings (SSSR count). The fourth-order valence-corrected chi connectivity index (χ4v) is 4.70. The Hall–Kier alpha value is -1.93. The number of fused-ring (bicyclic) bond motifs is 1. The number of hydrogen-bond acceptors (Lipinski definition) is 4. The molecule has 1 atom stereocenters.